The minimum absolute atomic E-state index is 0. The van der Waals surface area contributed by atoms with Gasteiger partial charge in [-0.05, 0) is 17.8 Å². The standard InChI is InChI=1S/C10H20O2.Y/c1-5-6(2)9(11)8(4)10(12)7(5)3;/h5-12H,1-4H3;. The van der Waals surface area contributed by atoms with Gasteiger partial charge in [0.05, 0.1) is 12.2 Å². The monoisotopic (exact) mass is 261 g/mol. The largest absolute Gasteiger partial charge is 0.392 e. The summed E-state index contributed by atoms with van der Waals surface area (Å²) in [7, 11) is 0. The van der Waals surface area contributed by atoms with Crippen LogP contribution in [0.25, 0.3) is 0 Å². The smallest absolute Gasteiger partial charge is 0.0618 e. The summed E-state index contributed by atoms with van der Waals surface area (Å²) in [6.45, 7) is 8.16. The van der Waals surface area contributed by atoms with E-state index in [1.54, 1.807) is 0 Å². The molecule has 0 saturated heterocycles. The van der Waals surface area contributed by atoms with Crippen molar-refractivity contribution >= 4 is 0 Å². The third-order valence-corrected chi connectivity index (χ3v) is 3.81. The van der Waals surface area contributed by atoms with E-state index in [-0.39, 0.29) is 50.8 Å². The predicted octanol–water partition coefficient (Wildman–Crippen LogP) is 1.26. The van der Waals surface area contributed by atoms with Crippen molar-refractivity contribution < 1.29 is 42.9 Å². The van der Waals surface area contributed by atoms with E-state index in [1.165, 1.54) is 0 Å². The summed E-state index contributed by atoms with van der Waals surface area (Å²) in [5.41, 5.74) is 0. The van der Waals surface area contributed by atoms with Crippen molar-refractivity contribution in [2.75, 3.05) is 0 Å². The molecule has 0 spiro atoms. The Kier molecular flexibility index (Phi) is 5.61. The summed E-state index contributed by atoms with van der Waals surface area (Å²) in [6, 6.07) is 0. The fourth-order valence-electron chi connectivity index (χ4n) is 2.26. The first kappa shape index (κ1) is 14.0. The molecule has 2 N–H and O–H groups in total. The topological polar surface area (TPSA) is 40.5 Å². The van der Waals surface area contributed by atoms with Crippen LogP contribution >= 0.6 is 0 Å². The van der Waals surface area contributed by atoms with Crippen LogP contribution in [-0.2, 0) is 32.7 Å². The Labute approximate surface area is 106 Å². The van der Waals surface area contributed by atoms with E-state index < -0.39 is 0 Å². The molecule has 1 saturated carbocycles. The maximum atomic E-state index is 9.74. The van der Waals surface area contributed by atoms with E-state index in [0.717, 1.165) is 0 Å². The van der Waals surface area contributed by atoms with Gasteiger partial charge in [-0.25, -0.2) is 0 Å². The zero-order valence-electron chi connectivity index (χ0n) is 8.94. The first-order chi connectivity index (χ1) is 5.46. The Balaban J connectivity index is 0.00000144. The molecular weight excluding hydrogens is 241 g/mol. The number of hydrogen-bond donors (Lipinski definition) is 2. The molecule has 1 radical (unpaired) electrons. The van der Waals surface area contributed by atoms with E-state index in [4.69, 9.17) is 0 Å². The SMILES string of the molecule is CC1C(C)C(O)C(C)C(O)C1C.[Y]. The fraction of sp³-hybridized carbons (Fsp3) is 1.00. The summed E-state index contributed by atoms with van der Waals surface area (Å²) in [6.07, 6.45) is -0.683. The van der Waals surface area contributed by atoms with Gasteiger partial charge in [-0.1, -0.05) is 27.7 Å². The second-order valence-electron chi connectivity index (χ2n) is 4.42. The van der Waals surface area contributed by atoms with Crippen LogP contribution in [0.4, 0.5) is 0 Å². The molecule has 2 nitrogen and oxygen atoms in total. The van der Waals surface area contributed by atoms with Gasteiger partial charge in [0.2, 0.25) is 0 Å². The first-order valence-corrected chi connectivity index (χ1v) is 4.83. The molecule has 1 aliphatic carbocycles. The Morgan fingerprint density at radius 1 is 0.615 bits per heavy atom. The average Bonchev–Trinajstić information content (AvgIpc) is 2.08. The summed E-state index contributed by atoms with van der Waals surface area (Å²) < 4.78 is 0. The van der Waals surface area contributed by atoms with Crippen LogP contribution in [0.15, 0.2) is 0 Å². The maximum Gasteiger partial charge on any atom is 0.0618 e. The van der Waals surface area contributed by atoms with Crippen molar-refractivity contribution in [1.29, 1.82) is 0 Å². The van der Waals surface area contributed by atoms with Gasteiger partial charge in [-0.15, -0.1) is 0 Å². The summed E-state index contributed by atoms with van der Waals surface area (Å²) in [5, 5.41) is 19.5. The molecule has 1 aliphatic rings. The third-order valence-electron chi connectivity index (χ3n) is 3.81. The second-order valence-corrected chi connectivity index (χ2v) is 4.42. The molecular formula is C10H20O2Y. The molecule has 0 heterocycles. The van der Waals surface area contributed by atoms with Gasteiger partial charge in [0.15, 0.2) is 0 Å². The van der Waals surface area contributed by atoms with Gasteiger partial charge in [-0.3, -0.25) is 0 Å². The Morgan fingerprint density at radius 2 is 0.923 bits per heavy atom. The molecule has 1 rings (SSSR count). The molecule has 0 aromatic carbocycles. The fourth-order valence-corrected chi connectivity index (χ4v) is 2.26. The zero-order valence-corrected chi connectivity index (χ0v) is 11.8. The van der Waals surface area contributed by atoms with E-state index in [2.05, 4.69) is 20.8 Å². The average molecular weight is 261 g/mol. The van der Waals surface area contributed by atoms with E-state index in [9.17, 15) is 10.2 Å². The number of aliphatic hydroxyl groups is 2. The molecule has 75 valence electrons. The molecule has 3 heteroatoms. The van der Waals surface area contributed by atoms with Gasteiger partial charge in [0, 0.05) is 38.6 Å². The molecule has 4 atom stereocenters. The Morgan fingerprint density at radius 3 is 1.23 bits per heavy atom. The molecule has 0 bridgehead atoms. The Hall–Kier alpha value is 1.02. The van der Waals surface area contributed by atoms with Crippen molar-refractivity contribution in [1.82, 2.24) is 0 Å². The quantitative estimate of drug-likeness (QED) is 0.689. The number of rotatable bonds is 0. The minimum atomic E-state index is -0.341. The normalized spacial score (nSPS) is 51.2. The first-order valence-electron chi connectivity index (χ1n) is 4.83. The molecule has 0 aliphatic heterocycles. The van der Waals surface area contributed by atoms with Gasteiger partial charge in [0.25, 0.3) is 0 Å². The van der Waals surface area contributed by atoms with Crippen molar-refractivity contribution in [3.05, 3.63) is 0 Å². The third kappa shape index (κ3) is 2.53. The van der Waals surface area contributed by atoms with Crippen LogP contribution in [0.2, 0.25) is 0 Å². The van der Waals surface area contributed by atoms with Crippen molar-refractivity contribution in [3.8, 4) is 0 Å². The van der Waals surface area contributed by atoms with Crippen LogP contribution < -0.4 is 0 Å². The molecule has 4 unspecified atom stereocenters. The van der Waals surface area contributed by atoms with Crippen LogP contribution in [0, 0.1) is 23.7 Å². The van der Waals surface area contributed by atoms with Crippen molar-refractivity contribution in [2.24, 2.45) is 23.7 Å². The molecule has 0 aromatic heterocycles. The number of hydrogen-bond acceptors (Lipinski definition) is 2. The maximum absolute atomic E-state index is 9.74. The summed E-state index contributed by atoms with van der Waals surface area (Å²) in [4.78, 5) is 0. The molecule has 0 amide bonds. The summed E-state index contributed by atoms with van der Waals surface area (Å²) in [5.74, 6) is 1.04. The molecule has 13 heavy (non-hydrogen) atoms. The minimum Gasteiger partial charge on any atom is -0.392 e. The second kappa shape index (κ2) is 5.20. The predicted molar refractivity (Wildman–Crippen MR) is 48.7 cm³/mol. The molecule has 1 fully saturated rings. The van der Waals surface area contributed by atoms with Crippen molar-refractivity contribution in [2.45, 2.75) is 39.9 Å². The Bertz CT molecular complexity index is 104. The van der Waals surface area contributed by atoms with E-state index in [0.29, 0.717) is 17.8 Å². The van der Waals surface area contributed by atoms with Gasteiger partial charge < -0.3 is 10.2 Å². The van der Waals surface area contributed by atoms with Crippen LogP contribution in [-0.4, -0.2) is 22.4 Å². The van der Waals surface area contributed by atoms with Gasteiger partial charge >= 0.3 is 0 Å². The van der Waals surface area contributed by atoms with E-state index >= 15 is 0 Å². The van der Waals surface area contributed by atoms with Gasteiger partial charge in [0.1, 0.15) is 0 Å². The van der Waals surface area contributed by atoms with E-state index in [1.807, 2.05) is 6.92 Å². The van der Waals surface area contributed by atoms with Crippen LogP contribution in [0.5, 0.6) is 0 Å². The van der Waals surface area contributed by atoms with Gasteiger partial charge in [-0.2, -0.15) is 0 Å². The number of aliphatic hydroxyl groups excluding tert-OH is 2. The van der Waals surface area contributed by atoms with Crippen LogP contribution in [0.1, 0.15) is 27.7 Å². The summed E-state index contributed by atoms with van der Waals surface area (Å²) >= 11 is 0. The zero-order chi connectivity index (χ0) is 9.46. The van der Waals surface area contributed by atoms with Crippen molar-refractivity contribution in [3.63, 3.8) is 0 Å². The van der Waals surface area contributed by atoms with Crippen LogP contribution in [0.3, 0.4) is 0 Å². The molecule has 0 aromatic rings.